The Balaban J connectivity index is 3.22. The van der Waals surface area contributed by atoms with Gasteiger partial charge in [0, 0.05) is 13.2 Å². The van der Waals surface area contributed by atoms with E-state index in [0.717, 1.165) is 0 Å². The second-order valence-corrected chi connectivity index (χ2v) is 2.09. The quantitative estimate of drug-likeness (QED) is 0.572. The van der Waals surface area contributed by atoms with Gasteiger partial charge in [-0.05, 0) is 0 Å². The molecule has 0 atom stereocenters. The molecule has 0 aliphatic carbocycles. The van der Waals surface area contributed by atoms with Crippen molar-refractivity contribution in [3.05, 3.63) is 17.5 Å². The summed E-state index contributed by atoms with van der Waals surface area (Å²) in [6.45, 7) is 0. The molecule has 0 aliphatic heterocycles. The molecular formula is C6H7N3O2. The molecule has 0 aromatic carbocycles. The van der Waals surface area contributed by atoms with Gasteiger partial charge in [-0.15, -0.1) is 0 Å². The first kappa shape index (κ1) is 7.46. The summed E-state index contributed by atoms with van der Waals surface area (Å²) in [6.07, 6.45) is 1.99. The highest BCUT2D eigenvalue weighted by atomic mass is 16.1. The van der Waals surface area contributed by atoms with Crippen LogP contribution in [0.5, 0.6) is 0 Å². The van der Waals surface area contributed by atoms with Crippen molar-refractivity contribution >= 4 is 12.2 Å². The average molecular weight is 153 g/mol. The Hall–Kier alpha value is -1.65. The molecule has 0 unspecified atom stereocenters. The number of nitrogens with zero attached hydrogens (tertiary/aromatic N) is 2. The lowest BCUT2D eigenvalue weighted by Crippen LogP contribution is -2.13. The largest absolute Gasteiger partial charge is 0.364 e. The molecule has 1 heterocycles. The Morgan fingerprint density at radius 3 is 2.82 bits per heavy atom. The monoisotopic (exact) mass is 153 g/mol. The van der Waals surface area contributed by atoms with Gasteiger partial charge in [0.2, 0.25) is 0 Å². The zero-order chi connectivity index (χ0) is 8.43. The van der Waals surface area contributed by atoms with Crippen LogP contribution in [0.25, 0.3) is 0 Å². The number of primary amides is 1. The Morgan fingerprint density at radius 2 is 2.45 bits per heavy atom. The van der Waals surface area contributed by atoms with Gasteiger partial charge in [0.25, 0.3) is 5.91 Å². The Kier molecular flexibility index (Phi) is 1.72. The number of carbonyl (C=O) groups excluding carboxylic acids is 2. The molecule has 0 bridgehead atoms. The van der Waals surface area contributed by atoms with Crippen LogP contribution in [0.3, 0.4) is 0 Å². The first-order valence-corrected chi connectivity index (χ1v) is 2.93. The van der Waals surface area contributed by atoms with Crippen LogP contribution in [-0.2, 0) is 7.05 Å². The number of aryl methyl sites for hydroxylation is 1. The fourth-order valence-electron chi connectivity index (χ4n) is 0.785. The minimum absolute atomic E-state index is 0.0162. The maximum absolute atomic E-state index is 10.6. The van der Waals surface area contributed by atoms with E-state index in [4.69, 9.17) is 5.73 Å². The molecule has 0 spiro atoms. The topological polar surface area (TPSA) is 78.0 Å². The number of nitrogens with two attached hydrogens (primary N) is 1. The van der Waals surface area contributed by atoms with Crippen LogP contribution in [0.1, 0.15) is 20.8 Å². The van der Waals surface area contributed by atoms with Crippen LogP contribution >= 0.6 is 0 Å². The van der Waals surface area contributed by atoms with Crippen molar-refractivity contribution in [3.63, 3.8) is 0 Å². The smallest absolute Gasteiger partial charge is 0.269 e. The second kappa shape index (κ2) is 2.53. The summed E-state index contributed by atoms with van der Waals surface area (Å²) in [6, 6.07) is 0. The standard InChI is InChI=1S/C6H7N3O2/c1-9-2-4(3-10)5(8-9)6(7)11/h2-3H,1H3,(H2,7,11). The normalized spacial score (nSPS) is 9.55. The number of rotatable bonds is 2. The maximum atomic E-state index is 10.6. The van der Waals surface area contributed by atoms with Crippen LogP contribution in [0, 0.1) is 0 Å². The third kappa shape index (κ3) is 1.26. The van der Waals surface area contributed by atoms with Crippen LogP contribution in [0.15, 0.2) is 6.20 Å². The minimum atomic E-state index is -0.687. The van der Waals surface area contributed by atoms with Crippen LogP contribution in [0.4, 0.5) is 0 Å². The van der Waals surface area contributed by atoms with Crippen LogP contribution < -0.4 is 5.73 Å². The Bertz CT molecular complexity index is 303. The fourth-order valence-corrected chi connectivity index (χ4v) is 0.785. The second-order valence-electron chi connectivity index (χ2n) is 2.09. The molecular weight excluding hydrogens is 146 g/mol. The van der Waals surface area contributed by atoms with Gasteiger partial charge in [-0.25, -0.2) is 0 Å². The molecule has 1 amide bonds. The van der Waals surface area contributed by atoms with Crippen molar-refractivity contribution in [1.82, 2.24) is 9.78 Å². The van der Waals surface area contributed by atoms with Gasteiger partial charge in [0.15, 0.2) is 12.0 Å². The van der Waals surface area contributed by atoms with Crippen molar-refractivity contribution in [2.24, 2.45) is 12.8 Å². The predicted octanol–water partition coefficient (Wildman–Crippen LogP) is -0.669. The molecule has 5 nitrogen and oxygen atoms in total. The zero-order valence-corrected chi connectivity index (χ0v) is 5.94. The zero-order valence-electron chi connectivity index (χ0n) is 5.94. The summed E-state index contributed by atoms with van der Waals surface area (Å²) in [7, 11) is 1.61. The van der Waals surface area contributed by atoms with Crippen molar-refractivity contribution in [1.29, 1.82) is 0 Å². The van der Waals surface area contributed by atoms with Gasteiger partial charge >= 0.3 is 0 Å². The van der Waals surface area contributed by atoms with E-state index >= 15 is 0 Å². The lowest BCUT2D eigenvalue weighted by Gasteiger charge is -1.85. The summed E-state index contributed by atoms with van der Waals surface area (Å²) in [5, 5.41) is 3.69. The van der Waals surface area contributed by atoms with Gasteiger partial charge in [0.1, 0.15) is 0 Å². The van der Waals surface area contributed by atoms with E-state index in [1.165, 1.54) is 10.9 Å². The Morgan fingerprint density at radius 1 is 1.82 bits per heavy atom. The van der Waals surface area contributed by atoms with Crippen molar-refractivity contribution in [2.45, 2.75) is 0 Å². The molecule has 11 heavy (non-hydrogen) atoms. The molecule has 1 aromatic rings. The lowest BCUT2D eigenvalue weighted by atomic mass is 10.3. The van der Waals surface area contributed by atoms with E-state index in [1.807, 2.05) is 0 Å². The molecule has 0 aliphatic rings. The molecule has 0 fully saturated rings. The van der Waals surface area contributed by atoms with Crippen molar-refractivity contribution < 1.29 is 9.59 Å². The highest BCUT2D eigenvalue weighted by Gasteiger charge is 2.11. The number of hydrogen-bond donors (Lipinski definition) is 1. The molecule has 1 rings (SSSR count). The van der Waals surface area contributed by atoms with Gasteiger partial charge in [-0.3, -0.25) is 14.3 Å². The van der Waals surface area contributed by atoms with Crippen molar-refractivity contribution in [2.75, 3.05) is 0 Å². The number of hydrogen-bond acceptors (Lipinski definition) is 3. The SMILES string of the molecule is Cn1cc(C=O)c(C(N)=O)n1. The van der Waals surface area contributed by atoms with E-state index in [-0.39, 0.29) is 11.3 Å². The van der Waals surface area contributed by atoms with Crippen molar-refractivity contribution in [3.8, 4) is 0 Å². The van der Waals surface area contributed by atoms with E-state index in [0.29, 0.717) is 6.29 Å². The number of amides is 1. The number of aromatic nitrogens is 2. The highest BCUT2D eigenvalue weighted by molar-refractivity contribution is 5.98. The molecule has 0 saturated heterocycles. The summed E-state index contributed by atoms with van der Waals surface area (Å²) < 4.78 is 1.36. The van der Waals surface area contributed by atoms with E-state index in [2.05, 4.69) is 5.10 Å². The van der Waals surface area contributed by atoms with Gasteiger partial charge in [-0.1, -0.05) is 0 Å². The van der Waals surface area contributed by atoms with Crippen LogP contribution in [0.2, 0.25) is 0 Å². The predicted molar refractivity (Wildman–Crippen MR) is 37.1 cm³/mol. The molecule has 2 N–H and O–H groups in total. The molecule has 5 heteroatoms. The summed E-state index contributed by atoms with van der Waals surface area (Å²) >= 11 is 0. The molecule has 58 valence electrons. The first-order valence-electron chi connectivity index (χ1n) is 2.93. The summed E-state index contributed by atoms with van der Waals surface area (Å²) in [5.41, 5.74) is 5.17. The highest BCUT2D eigenvalue weighted by Crippen LogP contribution is 2.00. The fraction of sp³-hybridized carbons (Fsp3) is 0.167. The van der Waals surface area contributed by atoms with Gasteiger partial charge in [0.05, 0.1) is 5.56 Å². The Labute approximate surface area is 62.8 Å². The lowest BCUT2D eigenvalue weighted by molar-refractivity contribution is 0.0988. The van der Waals surface area contributed by atoms with E-state index < -0.39 is 5.91 Å². The maximum Gasteiger partial charge on any atom is 0.269 e. The molecule has 0 radical (unpaired) electrons. The van der Waals surface area contributed by atoms with Gasteiger partial charge in [-0.2, -0.15) is 5.10 Å². The van der Waals surface area contributed by atoms with E-state index in [9.17, 15) is 9.59 Å². The third-order valence-electron chi connectivity index (χ3n) is 1.22. The number of carbonyl (C=O) groups is 2. The van der Waals surface area contributed by atoms with Gasteiger partial charge < -0.3 is 5.73 Å². The molecule has 0 saturated carbocycles. The summed E-state index contributed by atoms with van der Waals surface area (Å²) in [5.74, 6) is -0.687. The van der Waals surface area contributed by atoms with Crippen LogP contribution in [-0.4, -0.2) is 22.0 Å². The first-order chi connectivity index (χ1) is 5.15. The molecule has 1 aromatic heterocycles. The third-order valence-corrected chi connectivity index (χ3v) is 1.22. The number of aldehydes is 1. The van der Waals surface area contributed by atoms with E-state index in [1.54, 1.807) is 7.05 Å². The minimum Gasteiger partial charge on any atom is -0.364 e. The summed E-state index contributed by atoms with van der Waals surface area (Å²) in [4.78, 5) is 20.9. The average Bonchev–Trinajstić information content (AvgIpc) is 2.30.